The second kappa shape index (κ2) is 6.03. The van der Waals surface area contributed by atoms with Crippen LogP contribution in [0.5, 0.6) is 0 Å². The molecule has 0 aromatic rings. The molecule has 7 heteroatoms. The third-order valence-corrected chi connectivity index (χ3v) is 0.368. The molecule has 2 N–H and O–H groups in total. The first-order chi connectivity index (χ1) is 4.81. The van der Waals surface area contributed by atoms with E-state index in [9.17, 15) is 8.99 Å². The van der Waals surface area contributed by atoms with Gasteiger partial charge in [-0.2, -0.15) is 0 Å². The van der Waals surface area contributed by atoms with Gasteiger partial charge < -0.3 is 4.74 Å². The lowest BCUT2D eigenvalue weighted by molar-refractivity contribution is -0.134. The molecule has 0 atom stereocenters. The lowest BCUT2D eigenvalue weighted by Crippen LogP contribution is -1.91. The van der Waals surface area contributed by atoms with Crippen molar-refractivity contribution in [2.75, 3.05) is 7.11 Å². The Labute approximate surface area is 62.8 Å². The van der Waals surface area contributed by atoms with Gasteiger partial charge >= 0.3 is 13.9 Å². The molecule has 0 saturated heterocycles. The first-order valence-electron chi connectivity index (χ1n) is 2.27. The Balaban J connectivity index is 0. The summed E-state index contributed by atoms with van der Waals surface area (Å²) < 4.78 is 23.2. The number of ether oxygens (including phenoxy) is 1. The van der Waals surface area contributed by atoms with Crippen LogP contribution >= 0.6 is 7.91 Å². The zero-order valence-corrected chi connectivity index (χ0v) is 6.62. The van der Waals surface area contributed by atoms with E-state index in [0.717, 1.165) is 6.08 Å². The summed E-state index contributed by atoms with van der Waals surface area (Å²) in [6.07, 6.45) is 1.11. The summed E-state index contributed by atoms with van der Waals surface area (Å²) in [5, 5.41) is 0. The van der Waals surface area contributed by atoms with Crippen molar-refractivity contribution >= 4 is 13.9 Å². The van der Waals surface area contributed by atoms with Gasteiger partial charge in [-0.1, -0.05) is 6.58 Å². The van der Waals surface area contributed by atoms with Crippen LogP contribution in [0.25, 0.3) is 0 Å². The number of rotatable bonds is 1. The molecule has 0 saturated carbocycles. The molecular weight excluding hydrogens is 178 g/mol. The van der Waals surface area contributed by atoms with Crippen LogP contribution in [0.1, 0.15) is 0 Å². The van der Waals surface area contributed by atoms with Crippen molar-refractivity contribution < 1.29 is 28.1 Å². The van der Waals surface area contributed by atoms with E-state index in [0.29, 0.717) is 0 Å². The van der Waals surface area contributed by atoms with Crippen LogP contribution in [-0.4, -0.2) is 22.9 Å². The maximum Gasteiger partial charge on any atom is 0.507 e. The number of esters is 1. The molecule has 0 aliphatic rings. The predicted octanol–water partition coefficient (Wildman–Crippen LogP) is 0.394. The van der Waals surface area contributed by atoms with E-state index in [1.54, 1.807) is 0 Å². The van der Waals surface area contributed by atoms with Gasteiger partial charge in [-0.15, -0.1) is 4.20 Å². The van der Waals surface area contributed by atoms with Gasteiger partial charge in [-0.3, -0.25) is 9.79 Å². The average molecular weight is 186 g/mol. The van der Waals surface area contributed by atoms with Gasteiger partial charge in [-0.25, -0.2) is 9.36 Å². The fraction of sp³-hybridized carbons (Fsp3) is 0.250. The molecule has 5 nitrogen and oxygen atoms in total. The van der Waals surface area contributed by atoms with Crippen LogP contribution in [0.2, 0.25) is 0 Å². The summed E-state index contributed by atoms with van der Waals surface area (Å²) in [5.41, 5.74) is 0. The highest BCUT2D eigenvalue weighted by molar-refractivity contribution is 7.45. The minimum atomic E-state index is -5.14. The molecule has 0 spiro atoms. The van der Waals surface area contributed by atoms with Crippen LogP contribution in [0, 0.1) is 0 Å². The number of hydrogen-bond acceptors (Lipinski definition) is 3. The number of hydrogen-bond donors (Lipinski definition) is 2. The number of halogens is 1. The third-order valence-electron chi connectivity index (χ3n) is 0.368. The average Bonchev–Trinajstić information content (AvgIpc) is 1.83. The van der Waals surface area contributed by atoms with E-state index in [1.165, 1.54) is 7.11 Å². The molecule has 0 rings (SSSR count). The molecule has 0 bridgehead atoms. The van der Waals surface area contributed by atoms with E-state index in [4.69, 9.17) is 14.4 Å². The van der Waals surface area contributed by atoms with Gasteiger partial charge in [0, 0.05) is 6.08 Å². The maximum absolute atomic E-state index is 10.4. The van der Waals surface area contributed by atoms with Crippen LogP contribution in [0.3, 0.4) is 0 Å². The standard InChI is InChI=1S/C4H6O2.FH2O3P/c1-3-4(5)6-2;1-5(2,3)4/h3H,1H2,2H3;(H2,2,3,4). The maximum atomic E-state index is 10.4. The van der Waals surface area contributed by atoms with E-state index in [2.05, 4.69) is 11.3 Å². The fourth-order valence-electron chi connectivity index (χ4n) is 0.0833. The van der Waals surface area contributed by atoms with E-state index in [-0.39, 0.29) is 0 Å². The quantitative estimate of drug-likeness (QED) is 0.351. The second-order valence-corrected chi connectivity index (χ2v) is 2.15. The Morgan fingerprint density at radius 3 is 2.00 bits per heavy atom. The van der Waals surface area contributed by atoms with Crippen molar-refractivity contribution in [2.24, 2.45) is 0 Å². The highest BCUT2D eigenvalue weighted by atomic mass is 31.2. The second-order valence-electron chi connectivity index (χ2n) is 1.20. The topological polar surface area (TPSA) is 83.8 Å². The van der Waals surface area contributed by atoms with Crippen LogP contribution < -0.4 is 0 Å². The molecule has 0 radical (unpaired) electrons. The van der Waals surface area contributed by atoms with Gasteiger partial charge in [-0.05, 0) is 0 Å². The summed E-state index contributed by atoms with van der Waals surface area (Å²) in [5.74, 6) is -0.394. The van der Waals surface area contributed by atoms with Crippen molar-refractivity contribution in [3.8, 4) is 0 Å². The summed E-state index contributed by atoms with van der Waals surface area (Å²) in [6.45, 7) is 3.16. The molecule has 0 aliphatic carbocycles. The third kappa shape index (κ3) is 45.6. The Bertz CT molecular complexity index is 165. The number of carbonyl (C=O) groups is 1. The van der Waals surface area contributed by atoms with Gasteiger partial charge in [0.15, 0.2) is 0 Å². The summed E-state index contributed by atoms with van der Waals surface area (Å²) >= 11 is 0. The molecule has 11 heavy (non-hydrogen) atoms. The highest BCUT2D eigenvalue weighted by Crippen LogP contribution is 2.34. The summed E-state index contributed by atoms with van der Waals surface area (Å²) in [6, 6.07) is 0. The highest BCUT2D eigenvalue weighted by Gasteiger charge is 2.04. The van der Waals surface area contributed by atoms with Crippen molar-refractivity contribution in [3.63, 3.8) is 0 Å². The molecular formula is C4H8FO5P. The zero-order valence-electron chi connectivity index (χ0n) is 5.73. The van der Waals surface area contributed by atoms with E-state index in [1.807, 2.05) is 0 Å². The Hall–Kier alpha value is -0.710. The van der Waals surface area contributed by atoms with Crippen molar-refractivity contribution in [2.45, 2.75) is 0 Å². The molecule has 0 unspecified atom stereocenters. The Morgan fingerprint density at radius 1 is 1.73 bits per heavy atom. The molecule has 0 aromatic carbocycles. The lowest BCUT2D eigenvalue weighted by Gasteiger charge is -1.83. The van der Waals surface area contributed by atoms with Crippen molar-refractivity contribution in [1.29, 1.82) is 0 Å². The minimum Gasteiger partial charge on any atom is -0.466 e. The van der Waals surface area contributed by atoms with Gasteiger partial charge in [0.25, 0.3) is 0 Å². The van der Waals surface area contributed by atoms with Crippen molar-refractivity contribution in [1.82, 2.24) is 0 Å². The van der Waals surface area contributed by atoms with Gasteiger partial charge in [0.1, 0.15) is 0 Å². The largest absolute Gasteiger partial charge is 0.507 e. The summed E-state index contributed by atoms with van der Waals surface area (Å²) in [7, 11) is -3.83. The molecule has 0 amide bonds. The predicted molar refractivity (Wildman–Crippen MR) is 35.4 cm³/mol. The van der Waals surface area contributed by atoms with E-state index >= 15 is 0 Å². The zero-order chi connectivity index (χ0) is 9.49. The minimum absolute atomic E-state index is 0.394. The van der Waals surface area contributed by atoms with Gasteiger partial charge in [0.2, 0.25) is 0 Å². The summed E-state index contributed by atoms with van der Waals surface area (Å²) in [4.78, 5) is 23.8. The monoisotopic (exact) mass is 186 g/mol. The molecule has 0 aliphatic heterocycles. The van der Waals surface area contributed by atoms with E-state index < -0.39 is 13.9 Å². The molecule has 0 aromatic heterocycles. The van der Waals surface area contributed by atoms with Crippen LogP contribution in [0.4, 0.5) is 4.20 Å². The van der Waals surface area contributed by atoms with Crippen LogP contribution in [0.15, 0.2) is 12.7 Å². The number of carbonyl (C=O) groups excluding carboxylic acids is 1. The normalized spacial score (nSPS) is 9.09. The molecule has 0 heterocycles. The lowest BCUT2D eigenvalue weighted by atomic mass is 10.7. The molecule has 66 valence electrons. The van der Waals surface area contributed by atoms with Crippen molar-refractivity contribution in [3.05, 3.63) is 12.7 Å². The van der Waals surface area contributed by atoms with Crippen LogP contribution in [-0.2, 0) is 14.1 Å². The first-order valence-corrected chi connectivity index (χ1v) is 3.77. The SMILES string of the molecule is C=CC(=O)OC.O=P(O)(O)F. The Morgan fingerprint density at radius 2 is 2.00 bits per heavy atom. The number of methoxy groups -OCH3 is 1. The molecule has 0 fully saturated rings. The first kappa shape index (κ1) is 12.9. The van der Waals surface area contributed by atoms with Gasteiger partial charge in [0.05, 0.1) is 7.11 Å². The smallest absolute Gasteiger partial charge is 0.466 e. The fourth-order valence-corrected chi connectivity index (χ4v) is 0.0833. The Kier molecular flexibility index (Phi) is 7.08.